The Bertz CT molecular complexity index is 687. The maximum Gasteiger partial charge on any atom is 0.0384 e. The molecule has 0 amide bonds. The van der Waals surface area contributed by atoms with Crippen LogP contribution in [0.3, 0.4) is 0 Å². The van der Waals surface area contributed by atoms with Crippen molar-refractivity contribution in [3.63, 3.8) is 0 Å². The van der Waals surface area contributed by atoms with Gasteiger partial charge in [-0.15, -0.1) is 0 Å². The first kappa shape index (κ1) is 17.8. The molecule has 2 heteroatoms. The molecule has 0 aliphatic heterocycles. The van der Waals surface area contributed by atoms with E-state index in [4.69, 9.17) is 0 Å². The highest BCUT2D eigenvalue weighted by atomic mass is 14.9. The van der Waals surface area contributed by atoms with Gasteiger partial charge in [0, 0.05) is 23.0 Å². The topological polar surface area (TPSA) is 24.1 Å². The normalized spacial score (nSPS) is 27.6. The zero-order valence-corrected chi connectivity index (χ0v) is 15.8. The Morgan fingerprint density at radius 1 is 1.32 bits per heavy atom. The Balaban J connectivity index is 1.95. The Morgan fingerprint density at radius 2 is 2.12 bits per heavy atom. The lowest BCUT2D eigenvalue weighted by atomic mass is 9.54. The van der Waals surface area contributed by atoms with Gasteiger partial charge >= 0.3 is 0 Å². The maximum atomic E-state index is 4.31. The average Bonchev–Trinajstić information content (AvgIpc) is 2.61. The summed E-state index contributed by atoms with van der Waals surface area (Å²) in [5, 5.41) is 6.75. The second kappa shape index (κ2) is 7.11. The van der Waals surface area contributed by atoms with Gasteiger partial charge < -0.3 is 10.6 Å². The van der Waals surface area contributed by atoms with E-state index in [0.717, 1.165) is 17.8 Å². The molecule has 134 valence electrons. The van der Waals surface area contributed by atoms with Gasteiger partial charge in [-0.1, -0.05) is 46.1 Å². The van der Waals surface area contributed by atoms with Crippen molar-refractivity contribution in [2.24, 2.45) is 11.8 Å². The summed E-state index contributed by atoms with van der Waals surface area (Å²) >= 11 is 0. The number of hydrogen-bond acceptors (Lipinski definition) is 2. The van der Waals surface area contributed by atoms with Gasteiger partial charge in [-0.25, -0.2) is 0 Å². The standard InChI is InChI=1S/C23H32N2/c1-6-16(3)25-19-12-10-18-11-13-21-20(17(4)24-7-2)9-8-14-23(21,5)22(18)15-19/h7,10,12,15,20-21,24-25H,2-4,6,8-9,11,13-14H2,1,5H3. The molecule has 2 N–H and O–H groups in total. The third-order valence-electron chi connectivity index (χ3n) is 6.45. The van der Waals surface area contributed by atoms with Crippen LogP contribution in [-0.2, 0) is 11.8 Å². The molecule has 0 radical (unpaired) electrons. The first-order valence-electron chi connectivity index (χ1n) is 9.64. The summed E-state index contributed by atoms with van der Waals surface area (Å²) in [4.78, 5) is 0. The minimum absolute atomic E-state index is 0.230. The molecule has 0 spiro atoms. The molecular formula is C23H32N2. The van der Waals surface area contributed by atoms with Crippen molar-refractivity contribution in [3.05, 3.63) is 66.7 Å². The molecule has 2 aliphatic carbocycles. The lowest BCUT2D eigenvalue weighted by Gasteiger charge is -2.51. The fourth-order valence-electron chi connectivity index (χ4n) is 5.04. The molecule has 1 fully saturated rings. The monoisotopic (exact) mass is 336 g/mol. The van der Waals surface area contributed by atoms with Gasteiger partial charge in [0.25, 0.3) is 0 Å². The van der Waals surface area contributed by atoms with Gasteiger partial charge in [-0.2, -0.15) is 0 Å². The third-order valence-corrected chi connectivity index (χ3v) is 6.45. The lowest BCUT2D eigenvalue weighted by Crippen LogP contribution is -2.45. The molecule has 0 saturated heterocycles. The summed E-state index contributed by atoms with van der Waals surface area (Å²) in [5.41, 5.74) is 6.68. The van der Waals surface area contributed by atoms with Crippen LogP contribution in [0.5, 0.6) is 0 Å². The second-order valence-corrected chi connectivity index (χ2v) is 7.89. The fourth-order valence-corrected chi connectivity index (χ4v) is 5.04. The van der Waals surface area contributed by atoms with E-state index in [2.05, 4.69) is 62.4 Å². The van der Waals surface area contributed by atoms with Crippen LogP contribution in [0.15, 0.2) is 55.5 Å². The van der Waals surface area contributed by atoms with E-state index < -0.39 is 0 Å². The first-order chi connectivity index (χ1) is 12.0. The highest BCUT2D eigenvalue weighted by Gasteiger charge is 2.46. The van der Waals surface area contributed by atoms with Gasteiger partial charge in [-0.05, 0) is 72.9 Å². The number of fused-ring (bicyclic) bond motifs is 3. The van der Waals surface area contributed by atoms with Crippen LogP contribution < -0.4 is 10.6 Å². The Morgan fingerprint density at radius 3 is 2.84 bits per heavy atom. The molecule has 2 aliphatic rings. The van der Waals surface area contributed by atoms with E-state index in [1.807, 2.05) is 0 Å². The van der Waals surface area contributed by atoms with Gasteiger partial charge in [-0.3, -0.25) is 0 Å². The van der Waals surface area contributed by atoms with E-state index in [-0.39, 0.29) is 5.41 Å². The van der Waals surface area contributed by atoms with Crippen molar-refractivity contribution in [1.82, 2.24) is 5.32 Å². The summed E-state index contributed by atoms with van der Waals surface area (Å²) in [5.74, 6) is 1.19. The third kappa shape index (κ3) is 3.27. The number of anilines is 1. The molecule has 25 heavy (non-hydrogen) atoms. The lowest BCUT2D eigenvalue weighted by molar-refractivity contribution is 0.124. The van der Waals surface area contributed by atoms with Crippen molar-refractivity contribution in [2.45, 2.75) is 57.8 Å². The molecule has 1 aromatic carbocycles. The number of nitrogens with one attached hydrogen (secondary N) is 2. The summed E-state index contributed by atoms with van der Waals surface area (Å²) in [6.07, 6.45) is 8.90. The zero-order valence-electron chi connectivity index (χ0n) is 15.8. The molecule has 0 aromatic heterocycles. The quantitative estimate of drug-likeness (QED) is 0.677. The number of benzene rings is 1. The number of allylic oxidation sites excluding steroid dienone is 2. The molecule has 3 unspecified atom stereocenters. The summed E-state index contributed by atoms with van der Waals surface area (Å²) in [6, 6.07) is 6.92. The smallest absolute Gasteiger partial charge is 0.0384 e. The van der Waals surface area contributed by atoms with Crippen molar-refractivity contribution in [2.75, 3.05) is 5.32 Å². The minimum atomic E-state index is 0.230. The van der Waals surface area contributed by atoms with Gasteiger partial charge in [0.05, 0.1) is 0 Å². The largest absolute Gasteiger partial charge is 0.366 e. The summed E-state index contributed by atoms with van der Waals surface area (Å²) < 4.78 is 0. The summed E-state index contributed by atoms with van der Waals surface area (Å²) in [7, 11) is 0. The van der Waals surface area contributed by atoms with Crippen LogP contribution in [0, 0.1) is 11.8 Å². The number of rotatable bonds is 6. The van der Waals surface area contributed by atoms with Crippen molar-refractivity contribution < 1.29 is 0 Å². The Labute approximate surface area is 153 Å². The van der Waals surface area contributed by atoms with Crippen LogP contribution >= 0.6 is 0 Å². The fraction of sp³-hybridized carbons (Fsp3) is 0.478. The van der Waals surface area contributed by atoms with Gasteiger partial charge in [0.15, 0.2) is 0 Å². The van der Waals surface area contributed by atoms with E-state index in [0.29, 0.717) is 11.8 Å². The van der Waals surface area contributed by atoms with Crippen molar-refractivity contribution in [1.29, 1.82) is 0 Å². The Kier molecular flexibility index (Phi) is 5.08. The van der Waals surface area contributed by atoms with Crippen LogP contribution in [-0.4, -0.2) is 0 Å². The van der Waals surface area contributed by atoms with Crippen LogP contribution in [0.2, 0.25) is 0 Å². The van der Waals surface area contributed by atoms with Gasteiger partial charge in [0.2, 0.25) is 0 Å². The number of hydrogen-bond donors (Lipinski definition) is 2. The number of aryl methyl sites for hydroxylation is 1. The van der Waals surface area contributed by atoms with E-state index in [9.17, 15) is 0 Å². The molecular weight excluding hydrogens is 304 g/mol. The van der Waals surface area contributed by atoms with Crippen LogP contribution in [0.25, 0.3) is 0 Å². The molecule has 0 bridgehead atoms. The van der Waals surface area contributed by atoms with E-state index in [1.165, 1.54) is 48.9 Å². The molecule has 2 nitrogen and oxygen atoms in total. The van der Waals surface area contributed by atoms with Crippen molar-refractivity contribution >= 4 is 5.69 Å². The maximum absolute atomic E-state index is 4.31. The highest BCUT2D eigenvalue weighted by Crippen LogP contribution is 2.53. The van der Waals surface area contributed by atoms with Crippen LogP contribution in [0.4, 0.5) is 5.69 Å². The Hall–Kier alpha value is -1.96. The van der Waals surface area contributed by atoms with Crippen molar-refractivity contribution in [3.8, 4) is 0 Å². The molecule has 1 aromatic rings. The molecule has 3 atom stereocenters. The average molecular weight is 337 g/mol. The molecule has 0 heterocycles. The van der Waals surface area contributed by atoms with Crippen LogP contribution in [0.1, 0.15) is 57.1 Å². The predicted molar refractivity (Wildman–Crippen MR) is 108 cm³/mol. The summed E-state index contributed by atoms with van der Waals surface area (Å²) in [6.45, 7) is 16.8. The SMILES string of the molecule is C=CNC(=C)C1CCCC2(C)c3cc(NC(=C)CC)ccc3CCC12. The minimum Gasteiger partial charge on any atom is -0.366 e. The molecule has 3 rings (SSSR count). The molecule has 1 saturated carbocycles. The highest BCUT2D eigenvalue weighted by molar-refractivity contribution is 5.55. The second-order valence-electron chi connectivity index (χ2n) is 7.89. The zero-order chi connectivity index (χ0) is 18.0. The first-order valence-corrected chi connectivity index (χ1v) is 9.64. The van der Waals surface area contributed by atoms with Gasteiger partial charge in [0.1, 0.15) is 0 Å². The van der Waals surface area contributed by atoms with E-state index in [1.54, 1.807) is 6.20 Å². The predicted octanol–water partition coefficient (Wildman–Crippen LogP) is 5.89. The van der Waals surface area contributed by atoms with E-state index >= 15 is 0 Å².